The molecule has 0 fully saturated rings. The molecule has 0 radical (unpaired) electrons. The van der Waals surface area contributed by atoms with Gasteiger partial charge in [-0.05, 0) is 0 Å². The Hall–Kier alpha value is -0.100. The average Bonchev–Trinajstić information content (AvgIpc) is 1.76. The largest absolute Gasteiger partial charge is 1.00 e. The molecule has 4 heteroatoms. The molecule has 3 nitrogen and oxygen atoms in total. The number of hydrogen-bond acceptors (Lipinski definition) is 0. The molecule has 0 saturated carbocycles. The molecule has 1 rings (SSSR count). The molecule has 0 bridgehead atoms. The average molecular weight is 214 g/mol. The smallest absolute Gasteiger partial charge is 0.239 e. The summed E-state index contributed by atoms with van der Waals surface area (Å²) in [4.78, 5) is 5.61. The van der Waals surface area contributed by atoms with Crippen LogP contribution >= 0.6 is 0 Å². The van der Waals surface area contributed by atoms with Gasteiger partial charge in [0.1, 0.15) is 12.4 Å². The predicted molar refractivity (Wildman–Crippen MR) is 21.0 cm³/mol. The first-order valence-electron chi connectivity index (χ1n) is 1.49. The summed E-state index contributed by atoms with van der Waals surface area (Å²) in [6, 6.07) is 0. The number of imidazole rings is 1. The summed E-state index contributed by atoms with van der Waals surface area (Å²) in [5.41, 5.74) is 0. The van der Waals surface area contributed by atoms with Gasteiger partial charge in [-0.25, -0.2) is 0 Å². The quantitative estimate of drug-likeness (QED) is 0.428. The highest BCUT2D eigenvalue weighted by atomic mass is 127. The van der Waals surface area contributed by atoms with Crippen molar-refractivity contribution in [1.29, 1.82) is 0 Å². The Morgan fingerprint density at radius 1 is 1.43 bits per heavy atom. The second kappa shape index (κ2) is 5.90. The van der Waals surface area contributed by atoms with Crippen LogP contribution in [0.25, 0.3) is 0 Å². The molecular weight excluding hydrogens is 207 g/mol. The molecular formula is C3H7IN2O. The molecule has 0 aliphatic heterocycles. The summed E-state index contributed by atoms with van der Waals surface area (Å²) in [6.07, 6.45) is 5.39. The van der Waals surface area contributed by atoms with E-state index in [-0.39, 0.29) is 29.5 Å². The highest BCUT2D eigenvalue weighted by Crippen LogP contribution is 1.53. The van der Waals surface area contributed by atoms with Crippen molar-refractivity contribution < 1.29 is 34.4 Å². The molecule has 4 N–H and O–H groups in total. The second-order valence-electron chi connectivity index (χ2n) is 0.811. The van der Waals surface area contributed by atoms with Crippen LogP contribution in [0.15, 0.2) is 18.7 Å². The Labute approximate surface area is 58.5 Å². The van der Waals surface area contributed by atoms with Crippen molar-refractivity contribution in [2.24, 2.45) is 0 Å². The van der Waals surface area contributed by atoms with Gasteiger partial charge in [-0.2, -0.15) is 0 Å². The van der Waals surface area contributed by atoms with E-state index in [1.54, 1.807) is 6.33 Å². The first-order valence-corrected chi connectivity index (χ1v) is 1.49. The molecule has 0 spiro atoms. The molecule has 0 aliphatic rings. The van der Waals surface area contributed by atoms with Crippen LogP contribution in [0.5, 0.6) is 0 Å². The van der Waals surface area contributed by atoms with Gasteiger partial charge in [0, 0.05) is 0 Å². The minimum atomic E-state index is 0. The fourth-order valence-corrected chi connectivity index (χ4v) is 0.241. The van der Waals surface area contributed by atoms with E-state index in [4.69, 9.17) is 0 Å². The Morgan fingerprint density at radius 3 is 2.29 bits per heavy atom. The van der Waals surface area contributed by atoms with Crippen molar-refractivity contribution >= 4 is 0 Å². The molecule has 42 valence electrons. The molecule has 0 aliphatic carbocycles. The normalized spacial score (nSPS) is 5.71. The van der Waals surface area contributed by atoms with Crippen LogP contribution in [0, 0.1) is 0 Å². The standard InChI is InChI=1S/C3H4N2.HI.H2O/c1-2-5-3-4-1;;/h1-3H,(H,4,5);1H;1H2. The number of H-pyrrole nitrogens is 2. The van der Waals surface area contributed by atoms with Crippen molar-refractivity contribution in [2.75, 3.05) is 0 Å². The van der Waals surface area contributed by atoms with Crippen molar-refractivity contribution in [3.63, 3.8) is 0 Å². The molecule has 1 aromatic heterocycles. The summed E-state index contributed by atoms with van der Waals surface area (Å²) < 4.78 is 0. The summed E-state index contributed by atoms with van der Waals surface area (Å²) >= 11 is 0. The van der Waals surface area contributed by atoms with Gasteiger partial charge in [0.25, 0.3) is 0 Å². The van der Waals surface area contributed by atoms with Crippen LogP contribution in [0.1, 0.15) is 0 Å². The first-order chi connectivity index (χ1) is 2.50. The van der Waals surface area contributed by atoms with Gasteiger partial charge in [-0.1, -0.05) is 0 Å². The first kappa shape index (κ1) is 10.0. The van der Waals surface area contributed by atoms with Crippen LogP contribution in [0.2, 0.25) is 0 Å². The summed E-state index contributed by atoms with van der Waals surface area (Å²) in [5, 5.41) is 0. The maximum absolute atomic E-state index is 2.81. The molecule has 0 saturated heterocycles. The molecule has 0 aromatic carbocycles. The van der Waals surface area contributed by atoms with Gasteiger partial charge in [-0.3, -0.25) is 9.97 Å². The van der Waals surface area contributed by atoms with Gasteiger partial charge in [0.15, 0.2) is 0 Å². The van der Waals surface area contributed by atoms with Crippen LogP contribution in [-0.4, -0.2) is 10.5 Å². The minimum Gasteiger partial charge on any atom is -1.00 e. The SMILES string of the molecule is O.[I-].c1c[nH+]c[nH]1. The third kappa shape index (κ3) is 3.74. The monoisotopic (exact) mass is 214 g/mol. The molecule has 0 amide bonds. The number of aromatic nitrogens is 2. The Balaban J connectivity index is 0. The number of halogens is 1. The van der Waals surface area contributed by atoms with E-state index in [9.17, 15) is 0 Å². The van der Waals surface area contributed by atoms with Crippen molar-refractivity contribution in [3.8, 4) is 0 Å². The lowest BCUT2D eigenvalue weighted by molar-refractivity contribution is -0.375. The number of hydrogen-bond donors (Lipinski definition) is 1. The predicted octanol–water partition coefficient (Wildman–Crippen LogP) is -3.99. The van der Waals surface area contributed by atoms with E-state index in [2.05, 4.69) is 9.97 Å². The molecule has 7 heavy (non-hydrogen) atoms. The van der Waals surface area contributed by atoms with E-state index >= 15 is 0 Å². The fraction of sp³-hybridized carbons (Fsp3) is 0. The molecule has 0 atom stereocenters. The van der Waals surface area contributed by atoms with Gasteiger partial charge >= 0.3 is 0 Å². The van der Waals surface area contributed by atoms with Crippen LogP contribution in [-0.2, 0) is 0 Å². The van der Waals surface area contributed by atoms with E-state index < -0.39 is 0 Å². The van der Waals surface area contributed by atoms with Crippen molar-refractivity contribution in [3.05, 3.63) is 18.7 Å². The number of rotatable bonds is 0. The maximum atomic E-state index is 2.81. The van der Waals surface area contributed by atoms with Gasteiger partial charge < -0.3 is 29.5 Å². The topological polar surface area (TPSA) is 61.4 Å². The Kier molecular flexibility index (Phi) is 8.43. The lowest BCUT2D eigenvalue weighted by atomic mass is 11.0. The van der Waals surface area contributed by atoms with Crippen LogP contribution in [0.4, 0.5) is 0 Å². The van der Waals surface area contributed by atoms with Crippen molar-refractivity contribution in [2.45, 2.75) is 0 Å². The zero-order chi connectivity index (χ0) is 3.54. The summed E-state index contributed by atoms with van der Waals surface area (Å²) in [5.74, 6) is 0. The fourth-order valence-electron chi connectivity index (χ4n) is 0.241. The zero-order valence-corrected chi connectivity index (χ0v) is 5.77. The highest BCUT2D eigenvalue weighted by Gasteiger charge is 1.65. The van der Waals surface area contributed by atoms with E-state index in [0.717, 1.165) is 0 Å². The zero-order valence-electron chi connectivity index (χ0n) is 3.61. The summed E-state index contributed by atoms with van der Waals surface area (Å²) in [7, 11) is 0. The second-order valence-corrected chi connectivity index (χ2v) is 0.811. The van der Waals surface area contributed by atoms with Gasteiger partial charge in [-0.15, -0.1) is 0 Å². The third-order valence-corrected chi connectivity index (χ3v) is 0.442. The van der Waals surface area contributed by atoms with Crippen LogP contribution < -0.4 is 29.0 Å². The highest BCUT2D eigenvalue weighted by molar-refractivity contribution is 4.52. The minimum absolute atomic E-state index is 0. The van der Waals surface area contributed by atoms with E-state index in [0.29, 0.717) is 0 Å². The molecule has 1 aromatic rings. The maximum Gasteiger partial charge on any atom is 0.239 e. The van der Waals surface area contributed by atoms with Crippen LogP contribution in [0.3, 0.4) is 0 Å². The summed E-state index contributed by atoms with van der Waals surface area (Å²) in [6.45, 7) is 0. The van der Waals surface area contributed by atoms with Crippen molar-refractivity contribution in [1.82, 2.24) is 4.98 Å². The van der Waals surface area contributed by atoms with Gasteiger partial charge in [0.05, 0.1) is 0 Å². The lowest BCUT2D eigenvalue weighted by Crippen LogP contribution is -3.00. The van der Waals surface area contributed by atoms with Gasteiger partial charge in [0.2, 0.25) is 6.33 Å². The molecule has 0 unspecified atom stereocenters. The molecule has 1 heterocycles. The number of nitrogens with one attached hydrogen (secondary N) is 2. The Morgan fingerprint density at radius 2 is 2.14 bits per heavy atom. The lowest BCUT2D eigenvalue weighted by Gasteiger charge is -1.37. The Bertz CT molecular complexity index is 69.4. The van der Waals surface area contributed by atoms with E-state index in [1.165, 1.54) is 0 Å². The van der Waals surface area contributed by atoms with E-state index in [1.807, 2.05) is 12.4 Å². The number of aromatic amines is 2. The third-order valence-electron chi connectivity index (χ3n) is 0.442.